The fourth-order valence-corrected chi connectivity index (χ4v) is 2.18. The number of hydrogen-bond donors (Lipinski definition) is 2. The van der Waals surface area contributed by atoms with Gasteiger partial charge in [-0.05, 0) is 53.8 Å². The Morgan fingerprint density at radius 1 is 1.53 bits per heavy atom. The number of halogens is 1. The molecule has 2 rings (SSSR count). The number of nitrogens with one attached hydrogen (secondary N) is 1. The van der Waals surface area contributed by atoms with Crippen LogP contribution in [-0.4, -0.2) is 15.8 Å². The van der Waals surface area contributed by atoms with E-state index in [-0.39, 0.29) is 6.04 Å². The van der Waals surface area contributed by atoms with Crippen LogP contribution in [0.15, 0.2) is 36.7 Å². The molecule has 1 unspecified atom stereocenters. The van der Waals surface area contributed by atoms with Crippen LogP contribution in [0.3, 0.4) is 0 Å². The Hall–Kier alpha value is -1.24. The fourth-order valence-electron chi connectivity index (χ4n) is 1.67. The molecule has 17 heavy (non-hydrogen) atoms. The van der Waals surface area contributed by atoms with Gasteiger partial charge in [0.2, 0.25) is 0 Å². The minimum absolute atomic E-state index is 0.275. The molecule has 0 bridgehead atoms. The van der Waals surface area contributed by atoms with Gasteiger partial charge in [0.05, 0.1) is 17.9 Å². The second-order valence-electron chi connectivity index (χ2n) is 4.01. The van der Waals surface area contributed by atoms with E-state index in [1.54, 1.807) is 6.20 Å². The molecule has 0 saturated heterocycles. The average Bonchev–Trinajstić information content (AvgIpc) is 2.75. The smallest absolute Gasteiger partial charge is 0.0608 e. The molecule has 0 radical (unpaired) electrons. The maximum absolute atomic E-state index is 5.95. The van der Waals surface area contributed by atoms with Crippen molar-refractivity contribution in [3.8, 4) is 0 Å². The Kier molecular flexibility index (Phi) is 3.88. The first-order valence-corrected chi connectivity index (χ1v) is 6.52. The summed E-state index contributed by atoms with van der Waals surface area (Å²) < 4.78 is 3.05. The summed E-state index contributed by atoms with van der Waals surface area (Å²) in [6, 6.07) is 8.21. The largest absolute Gasteiger partial charge is 0.397 e. The molecule has 0 aliphatic rings. The third-order valence-corrected chi connectivity index (χ3v) is 3.11. The minimum atomic E-state index is 0.275. The lowest BCUT2D eigenvalue weighted by Gasteiger charge is -2.17. The maximum atomic E-state index is 5.95. The highest BCUT2D eigenvalue weighted by molar-refractivity contribution is 14.1. The van der Waals surface area contributed by atoms with Gasteiger partial charge < -0.3 is 11.1 Å². The molecular formula is C12H15IN4. The summed E-state index contributed by atoms with van der Waals surface area (Å²) in [4.78, 5) is 0. The maximum Gasteiger partial charge on any atom is 0.0608 e. The number of rotatable bonds is 4. The molecule has 1 heterocycles. The first kappa shape index (κ1) is 12.2. The van der Waals surface area contributed by atoms with E-state index in [1.807, 2.05) is 35.1 Å². The quantitative estimate of drug-likeness (QED) is 0.663. The van der Waals surface area contributed by atoms with E-state index < -0.39 is 0 Å². The van der Waals surface area contributed by atoms with Crippen molar-refractivity contribution >= 4 is 34.0 Å². The van der Waals surface area contributed by atoms with E-state index in [0.717, 1.165) is 21.5 Å². The predicted octanol–water partition coefficient (Wildman–Crippen LogP) is 2.57. The average molecular weight is 342 g/mol. The van der Waals surface area contributed by atoms with Crippen molar-refractivity contribution in [3.63, 3.8) is 0 Å². The zero-order chi connectivity index (χ0) is 12.3. The van der Waals surface area contributed by atoms with Gasteiger partial charge in [-0.25, -0.2) is 0 Å². The molecule has 3 N–H and O–H groups in total. The van der Waals surface area contributed by atoms with E-state index in [4.69, 9.17) is 5.73 Å². The standard InChI is InChI=1S/C12H15IN4/c1-9(8-17-6-2-5-15-17)16-12-4-3-10(13)7-11(12)14/h2-7,9,16H,8,14H2,1H3. The van der Waals surface area contributed by atoms with E-state index in [1.165, 1.54) is 0 Å². The van der Waals surface area contributed by atoms with Gasteiger partial charge in [0.25, 0.3) is 0 Å². The predicted molar refractivity (Wildman–Crippen MR) is 78.9 cm³/mol. The van der Waals surface area contributed by atoms with E-state index in [9.17, 15) is 0 Å². The fraction of sp³-hybridized carbons (Fsp3) is 0.250. The molecule has 0 aliphatic carbocycles. The van der Waals surface area contributed by atoms with Crippen molar-refractivity contribution in [2.45, 2.75) is 19.5 Å². The third kappa shape index (κ3) is 3.36. The molecule has 1 atom stereocenters. The second-order valence-corrected chi connectivity index (χ2v) is 5.25. The third-order valence-electron chi connectivity index (χ3n) is 2.44. The lowest BCUT2D eigenvalue weighted by Crippen LogP contribution is -2.22. The Morgan fingerprint density at radius 3 is 3.00 bits per heavy atom. The summed E-state index contributed by atoms with van der Waals surface area (Å²) in [5, 5.41) is 7.57. The van der Waals surface area contributed by atoms with Gasteiger partial charge in [-0.3, -0.25) is 4.68 Å². The van der Waals surface area contributed by atoms with Crippen molar-refractivity contribution in [1.29, 1.82) is 0 Å². The summed E-state index contributed by atoms with van der Waals surface area (Å²) >= 11 is 2.25. The molecule has 1 aromatic carbocycles. The van der Waals surface area contributed by atoms with E-state index in [2.05, 4.69) is 39.9 Å². The number of benzene rings is 1. The first-order chi connectivity index (χ1) is 8.15. The van der Waals surface area contributed by atoms with Crippen LogP contribution in [0.4, 0.5) is 11.4 Å². The molecule has 2 aromatic rings. The Balaban J connectivity index is 2.00. The van der Waals surface area contributed by atoms with Crippen molar-refractivity contribution in [2.75, 3.05) is 11.1 Å². The molecule has 0 amide bonds. The van der Waals surface area contributed by atoms with Crippen LogP contribution < -0.4 is 11.1 Å². The lowest BCUT2D eigenvalue weighted by atomic mass is 10.2. The molecule has 90 valence electrons. The van der Waals surface area contributed by atoms with Crippen molar-refractivity contribution in [2.24, 2.45) is 0 Å². The zero-order valence-corrected chi connectivity index (χ0v) is 11.8. The van der Waals surface area contributed by atoms with Gasteiger partial charge in [-0.2, -0.15) is 5.10 Å². The highest BCUT2D eigenvalue weighted by atomic mass is 127. The summed E-state index contributed by atoms with van der Waals surface area (Å²) in [6.07, 6.45) is 3.74. The number of hydrogen-bond acceptors (Lipinski definition) is 3. The second kappa shape index (κ2) is 5.39. The minimum Gasteiger partial charge on any atom is -0.397 e. The normalized spacial score (nSPS) is 12.4. The van der Waals surface area contributed by atoms with Crippen LogP contribution >= 0.6 is 22.6 Å². The van der Waals surface area contributed by atoms with Gasteiger partial charge in [-0.1, -0.05) is 0 Å². The van der Waals surface area contributed by atoms with Gasteiger partial charge >= 0.3 is 0 Å². The van der Waals surface area contributed by atoms with Gasteiger partial charge in [-0.15, -0.1) is 0 Å². The van der Waals surface area contributed by atoms with Gasteiger partial charge in [0.1, 0.15) is 0 Å². The molecule has 5 heteroatoms. The summed E-state index contributed by atoms with van der Waals surface area (Å²) in [5.74, 6) is 0. The highest BCUT2D eigenvalue weighted by Crippen LogP contribution is 2.21. The molecule has 0 saturated carbocycles. The van der Waals surface area contributed by atoms with Crippen molar-refractivity contribution in [3.05, 3.63) is 40.2 Å². The van der Waals surface area contributed by atoms with Crippen LogP contribution in [0, 0.1) is 3.57 Å². The van der Waals surface area contributed by atoms with E-state index in [0.29, 0.717) is 0 Å². The van der Waals surface area contributed by atoms with Crippen LogP contribution in [0.2, 0.25) is 0 Å². The zero-order valence-electron chi connectivity index (χ0n) is 9.60. The van der Waals surface area contributed by atoms with Gasteiger partial charge in [0.15, 0.2) is 0 Å². The SMILES string of the molecule is CC(Cn1cccn1)Nc1ccc(I)cc1N. The monoisotopic (exact) mass is 342 g/mol. The van der Waals surface area contributed by atoms with Crippen LogP contribution in [0.1, 0.15) is 6.92 Å². The van der Waals surface area contributed by atoms with Crippen LogP contribution in [0.25, 0.3) is 0 Å². The molecule has 0 fully saturated rings. The molecule has 0 aliphatic heterocycles. The number of anilines is 2. The van der Waals surface area contributed by atoms with Crippen LogP contribution in [0.5, 0.6) is 0 Å². The summed E-state index contributed by atoms with van der Waals surface area (Å²) in [7, 11) is 0. The molecule has 4 nitrogen and oxygen atoms in total. The number of aromatic nitrogens is 2. The number of nitrogens with two attached hydrogens (primary N) is 1. The van der Waals surface area contributed by atoms with Crippen molar-refractivity contribution in [1.82, 2.24) is 9.78 Å². The van der Waals surface area contributed by atoms with E-state index >= 15 is 0 Å². The molecule has 0 spiro atoms. The molecule has 1 aromatic heterocycles. The summed E-state index contributed by atoms with van der Waals surface area (Å²) in [5.41, 5.74) is 7.71. The Morgan fingerprint density at radius 2 is 2.35 bits per heavy atom. The highest BCUT2D eigenvalue weighted by Gasteiger charge is 2.05. The van der Waals surface area contributed by atoms with Crippen LogP contribution in [-0.2, 0) is 6.54 Å². The van der Waals surface area contributed by atoms with Crippen molar-refractivity contribution < 1.29 is 0 Å². The first-order valence-electron chi connectivity index (χ1n) is 5.44. The number of nitrogen functional groups attached to an aromatic ring is 1. The number of nitrogens with zero attached hydrogens (tertiary/aromatic N) is 2. The Bertz CT molecular complexity index is 481. The summed E-state index contributed by atoms with van der Waals surface area (Å²) in [6.45, 7) is 2.93. The topological polar surface area (TPSA) is 55.9 Å². The van der Waals surface area contributed by atoms with Gasteiger partial charge in [0, 0.05) is 22.0 Å². The lowest BCUT2D eigenvalue weighted by molar-refractivity contribution is 0.561. The Labute approximate surface area is 114 Å². The molecular weight excluding hydrogens is 327 g/mol.